The van der Waals surface area contributed by atoms with Crippen molar-refractivity contribution in [2.24, 2.45) is 0 Å². The Morgan fingerprint density at radius 1 is 1.19 bits per heavy atom. The molecule has 8 heteroatoms. The maximum atomic E-state index is 13.0. The van der Waals surface area contributed by atoms with Crippen LogP contribution in [0.3, 0.4) is 0 Å². The Kier molecular flexibility index (Phi) is 7.29. The molecule has 31 heavy (non-hydrogen) atoms. The Morgan fingerprint density at radius 2 is 2.00 bits per heavy atom. The molecule has 0 saturated carbocycles. The molecule has 2 aromatic carbocycles. The highest BCUT2D eigenvalue weighted by atomic mass is 32.2. The Balaban J connectivity index is 1.37. The van der Waals surface area contributed by atoms with Gasteiger partial charge < -0.3 is 19.7 Å². The Morgan fingerprint density at radius 3 is 2.81 bits per heavy atom. The van der Waals surface area contributed by atoms with Crippen LogP contribution in [-0.4, -0.2) is 50.1 Å². The van der Waals surface area contributed by atoms with E-state index in [4.69, 9.17) is 4.74 Å². The summed E-state index contributed by atoms with van der Waals surface area (Å²) in [6.45, 7) is -0.857. The zero-order chi connectivity index (χ0) is 21.6. The third kappa shape index (κ3) is 5.68. The van der Waals surface area contributed by atoms with Crippen molar-refractivity contribution in [1.29, 1.82) is 0 Å². The number of amides is 1. The third-order valence-electron chi connectivity index (χ3n) is 5.53. The van der Waals surface area contributed by atoms with Crippen molar-refractivity contribution in [3.63, 3.8) is 0 Å². The van der Waals surface area contributed by atoms with E-state index < -0.39 is 6.61 Å². The molecule has 0 aromatic heterocycles. The van der Waals surface area contributed by atoms with E-state index in [2.05, 4.69) is 10.1 Å². The van der Waals surface area contributed by atoms with Crippen molar-refractivity contribution in [1.82, 2.24) is 5.32 Å². The van der Waals surface area contributed by atoms with Gasteiger partial charge in [-0.15, -0.1) is 11.8 Å². The number of nitrogens with zero attached hydrogens (tertiary/aromatic N) is 1. The van der Waals surface area contributed by atoms with Gasteiger partial charge in [0.15, 0.2) is 0 Å². The van der Waals surface area contributed by atoms with Crippen molar-refractivity contribution in [3.8, 4) is 5.75 Å². The number of rotatable bonds is 8. The molecule has 0 bridgehead atoms. The minimum atomic E-state index is -2.87. The number of nitrogens with one attached hydrogen (secondary N) is 1. The number of para-hydroxylation sites is 2. The van der Waals surface area contributed by atoms with Crippen LogP contribution in [0.5, 0.6) is 5.75 Å². The minimum absolute atomic E-state index is 0.0664. The lowest BCUT2D eigenvalue weighted by molar-refractivity contribution is -0.0495. The van der Waals surface area contributed by atoms with Gasteiger partial charge in [-0.1, -0.05) is 24.3 Å². The second-order valence-corrected chi connectivity index (χ2v) is 8.76. The smallest absolute Gasteiger partial charge is 0.387 e. The molecule has 1 amide bonds. The second kappa shape index (κ2) is 10.3. The molecule has 2 aliphatic rings. The number of hydrogen-bond acceptors (Lipinski definition) is 5. The zero-order valence-corrected chi connectivity index (χ0v) is 18.0. The Hall–Kier alpha value is -2.32. The summed E-state index contributed by atoms with van der Waals surface area (Å²) in [5, 5.41) is 3.11. The van der Waals surface area contributed by atoms with Crippen LogP contribution in [0.1, 0.15) is 29.6 Å². The first-order valence-electron chi connectivity index (χ1n) is 10.5. The predicted molar refractivity (Wildman–Crippen MR) is 117 cm³/mol. The number of carbonyl (C=O) groups is 1. The molecule has 4 rings (SSSR count). The van der Waals surface area contributed by atoms with E-state index >= 15 is 0 Å². The van der Waals surface area contributed by atoms with Gasteiger partial charge in [0.25, 0.3) is 5.91 Å². The van der Waals surface area contributed by atoms with Gasteiger partial charge in [0.05, 0.1) is 17.4 Å². The number of halogens is 2. The van der Waals surface area contributed by atoms with Gasteiger partial charge >= 0.3 is 6.61 Å². The Labute approximate surface area is 185 Å². The molecule has 0 aliphatic carbocycles. The van der Waals surface area contributed by atoms with E-state index in [0.29, 0.717) is 24.3 Å². The molecule has 166 valence electrons. The van der Waals surface area contributed by atoms with E-state index in [0.717, 1.165) is 36.5 Å². The second-order valence-electron chi connectivity index (χ2n) is 7.69. The fourth-order valence-corrected chi connectivity index (χ4v) is 5.13. The monoisotopic (exact) mass is 448 g/mol. The number of thioether (sulfide) groups is 1. The molecule has 2 heterocycles. The largest absolute Gasteiger partial charge is 0.433 e. The van der Waals surface area contributed by atoms with Crippen LogP contribution in [-0.2, 0) is 4.74 Å². The molecule has 2 atom stereocenters. The molecular weight excluding hydrogens is 422 g/mol. The van der Waals surface area contributed by atoms with Crippen LogP contribution >= 0.6 is 11.8 Å². The number of anilines is 1. The summed E-state index contributed by atoms with van der Waals surface area (Å²) >= 11 is 1.65. The lowest BCUT2D eigenvalue weighted by Gasteiger charge is -2.22. The first-order chi connectivity index (χ1) is 15.1. The SMILES string of the molecule is O=C(NC1CCN(c2ccccc2OC(F)F)C1)c1ccccc1SCC1CCCO1. The van der Waals surface area contributed by atoms with Crippen LogP contribution in [0, 0.1) is 0 Å². The molecule has 2 aromatic rings. The van der Waals surface area contributed by atoms with Crippen LogP contribution < -0.4 is 15.0 Å². The highest BCUT2D eigenvalue weighted by molar-refractivity contribution is 7.99. The molecule has 5 nitrogen and oxygen atoms in total. The summed E-state index contributed by atoms with van der Waals surface area (Å²) in [6.07, 6.45) is 3.15. The molecule has 0 radical (unpaired) electrons. The van der Waals surface area contributed by atoms with Crippen LogP contribution in [0.15, 0.2) is 53.4 Å². The van der Waals surface area contributed by atoms with Crippen molar-refractivity contribution in [2.45, 2.75) is 42.9 Å². The van der Waals surface area contributed by atoms with Gasteiger partial charge in [0, 0.05) is 36.4 Å². The van der Waals surface area contributed by atoms with Crippen LogP contribution in [0.2, 0.25) is 0 Å². The molecule has 0 spiro atoms. The lowest BCUT2D eigenvalue weighted by Crippen LogP contribution is -2.37. The van der Waals surface area contributed by atoms with E-state index in [9.17, 15) is 13.6 Å². The fourth-order valence-electron chi connectivity index (χ4n) is 4.01. The maximum Gasteiger partial charge on any atom is 0.387 e. The first-order valence-corrected chi connectivity index (χ1v) is 11.5. The first kappa shape index (κ1) is 21.9. The van der Waals surface area contributed by atoms with E-state index in [1.54, 1.807) is 30.0 Å². The van der Waals surface area contributed by atoms with Crippen molar-refractivity contribution in [3.05, 3.63) is 54.1 Å². The van der Waals surface area contributed by atoms with Gasteiger partial charge in [-0.2, -0.15) is 8.78 Å². The van der Waals surface area contributed by atoms with Gasteiger partial charge in [-0.3, -0.25) is 4.79 Å². The van der Waals surface area contributed by atoms with Gasteiger partial charge in [-0.05, 0) is 43.5 Å². The topological polar surface area (TPSA) is 50.8 Å². The molecule has 2 unspecified atom stereocenters. The summed E-state index contributed by atoms with van der Waals surface area (Å²) in [5.41, 5.74) is 1.28. The normalized spacial score (nSPS) is 20.9. The van der Waals surface area contributed by atoms with Gasteiger partial charge in [0.2, 0.25) is 0 Å². The summed E-state index contributed by atoms with van der Waals surface area (Å²) in [7, 11) is 0. The summed E-state index contributed by atoms with van der Waals surface area (Å²) < 4.78 is 35.8. The number of alkyl halides is 2. The molecular formula is C23H26F2N2O3S. The molecule has 1 N–H and O–H groups in total. The number of benzene rings is 2. The quantitative estimate of drug-likeness (QED) is 0.600. The third-order valence-corrected chi connectivity index (χ3v) is 6.73. The molecule has 2 saturated heterocycles. The lowest BCUT2D eigenvalue weighted by atomic mass is 10.2. The van der Waals surface area contributed by atoms with E-state index in [1.807, 2.05) is 29.2 Å². The summed E-state index contributed by atoms with van der Waals surface area (Å²) in [5.74, 6) is 0.877. The predicted octanol–water partition coefficient (Wildman–Crippen LogP) is 4.57. The van der Waals surface area contributed by atoms with Gasteiger partial charge in [-0.25, -0.2) is 0 Å². The number of ether oxygens (including phenoxy) is 2. The molecule has 2 aliphatic heterocycles. The van der Waals surface area contributed by atoms with E-state index in [-0.39, 0.29) is 23.8 Å². The average molecular weight is 449 g/mol. The molecule has 2 fully saturated rings. The van der Waals surface area contributed by atoms with E-state index in [1.165, 1.54) is 6.07 Å². The van der Waals surface area contributed by atoms with Crippen molar-refractivity contribution < 1.29 is 23.0 Å². The minimum Gasteiger partial charge on any atom is -0.433 e. The average Bonchev–Trinajstić information content (AvgIpc) is 3.45. The fraction of sp³-hybridized carbons (Fsp3) is 0.435. The van der Waals surface area contributed by atoms with Crippen LogP contribution in [0.25, 0.3) is 0 Å². The summed E-state index contributed by atoms with van der Waals surface area (Å²) in [4.78, 5) is 15.9. The van der Waals surface area contributed by atoms with Crippen molar-refractivity contribution >= 4 is 23.4 Å². The Bertz CT molecular complexity index is 893. The number of carbonyl (C=O) groups excluding carboxylic acids is 1. The highest BCUT2D eigenvalue weighted by Gasteiger charge is 2.27. The van der Waals surface area contributed by atoms with Gasteiger partial charge in [0.1, 0.15) is 5.75 Å². The van der Waals surface area contributed by atoms with Crippen LogP contribution in [0.4, 0.5) is 14.5 Å². The maximum absolute atomic E-state index is 13.0. The highest BCUT2D eigenvalue weighted by Crippen LogP contribution is 2.32. The summed E-state index contributed by atoms with van der Waals surface area (Å²) in [6, 6.07) is 14.3. The zero-order valence-electron chi connectivity index (χ0n) is 17.1. The van der Waals surface area contributed by atoms with Crippen molar-refractivity contribution in [2.75, 3.05) is 30.3 Å². The standard InChI is InChI=1S/C23H26F2N2O3S/c24-23(25)30-20-9-3-2-8-19(20)27-12-11-16(14-27)26-22(28)18-7-1-4-10-21(18)31-15-17-6-5-13-29-17/h1-4,7-10,16-17,23H,5-6,11-15H2,(H,26,28). The number of hydrogen-bond donors (Lipinski definition) is 1.